The fourth-order valence-corrected chi connectivity index (χ4v) is 2.57. The molecule has 2 aromatic rings. The minimum absolute atomic E-state index is 0.0188. The van der Waals surface area contributed by atoms with E-state index in [-0.39, 0.29) is 11.9 Å². The highest BCUT2D eigenvalue weighted by molar-refractivity contribution is 7.09. The summed E-state index contributed by atoms with van der Waals surface area (Å²) in [5, 5.41) is 6.09. The maximum absolute atomic E-state index is 13.9. The topological polar surface area (TPSA) is 34.1 Å². The molecule has 0 saturated carbocycles. The average molecular weight is 294 g/mol. The van der Waals surface area contributed by atoms with Crippen molar-refractivity contribution < 1.29 is 9.13 Å². The highest BCUT2D eigenvalue weighted by atomic mass is 32.1. The maximum Gasteiger partial charge on any atom is 0.131 e. The van der Waals surface area contributed by atoms with Crippen molar-refractivity contribution in [3.8, 4) is 5.75 Å². The Bertz CT molecular complexity index is 571. The summed E-state index contributed by atoms with van der Waals surface area (Å²) in [7, 11) is 1.81. The van der Waals surface area contributed by atoms with Crippen LogP contribution in [0.3, 0.4) is 0 Å². The molecule has 0 radical (unpaired) electrons. The third-order valence-electron chi connectivity index (χ3n) is 3.16. The molecule has 1 unspecified atom stereocenters. The minimum atomic E-state index is -0.253. The summed E-state index contributed by atoms with van der Waals surface area (Å²) in [4.78, 5) is 4.42. The molecule has 0 spiro atoms. The van der Waals surface area contributed by atoms with Crippen molar-refractivity contribution >= 4 is 11.3 Å². The van der Waals surface area contributed by atoms with E-state index < -0.39 is 0 Å². The SMILES string of the molecule is CCc1nc(COc2ccc(C(C)NC)c(F)c2)cs1. The summed E-state index contributed by atoms with van der Waals surface area (Å²) in [6.45, 7) is 4.36. The fourth-order valence-electron chi connectivity index (χ4n) is 1.84. The van der Waals surface area contributed by atoms with Crippen LogP contribution in [0.4, 0.5) is 4.39 Å². The highest BCUT2D eigenvalue weighted by Crippen LogP contribution is 2.22. The van der Waals surface area contributed by atoms with Gasteiger partial charge in [0.2, 0.25) is 0 Å². The molecule has 3 nitrogen and oxygen atoms in total. The Morgan fingerprint density at radius 2 is 2.25 bits per heavy atom. The molecule has 1 N–H and O–H groups in total. The van der Waals surface area contributed by atoms with Crippen molar-refractivity contribution in [3.63, 3.8) is 0 Å². The number of nitrogens with zero attached hydrogens (tertiary/aromatic N) is 1. The molecule has 0 amide bonds. The van der Waals surface area contributed by atoms with Crippen LogP contribution in [0.5, 0.6) is 5.75 Å². The van der Waals surface area contributed by atoms with E-state index in [1.807, 2.05) is 19.4 Å². The van der Waals surface area contributed by atoms with Gasteiger partial charge in [-0.15, -0.1) is 11.3 Å². The number of nitrogens with one attached hydrogen (secondary N) is 1. The number of halogens is 1. The van der Waals surface area contributed by atoms with Crippen LogP contribution in [0.1, 0.15) is 36.2 Å². The van der Waals surface area contributed by atoms with Crippen LogP contribution in [0.2, 0.25) is 0 Å². The first-order valence-electron chi connectivity index (χ1n) is 6.66. The smallest absolute Gasteiger partial charge is 0.131 e. The van der Waals surface area contributed by atoms with Gasteiger partial charge in [0.1, 0.15) is 18.2 Å². The first kappa shape index (κ1) is 14.9. The Balaban J connectivity index is 2.01. The lowest BCUT2D eigenvalue weighted by Gasteiger charge is -2.13. The predicted octanol–water partition coefficient (Wildman–Crippen LogP) is 3.70. The van der Waals surface area contributed by atoms with Gasteiger partial charge >= 0.3 is 0 Å². The van der Waals surface area contributed by atoms with Gasteiger partial charge in [-0.2, -0.15) is 0 Å². The lowest BCUT2D eigenvalue weighted by atomic mass is 10.1. The number of rotatable bonds is 6. The van der Waals surface area contributed by atoms with Crippen LogP contribution < -0.4 is 10.1 Å². The monoisotopic (exact) mass is 294 g/mol. The summed E-state index contributed by atoms with van der Waals surface area (Å²) in [5.74, 6) is 0.275. The molecular weight excluding hydrogens is 275 g/mol. The summed E-state index contributed by atoms with van der Waals surface area (Å²) >= 11 is 1.62. The van der Waals surface area contributed by atoms with Crippen LogP contribution in [0.25, 0.3) is 0 Å². The van der Waals surface area contributed by atoms with Crippen molar-refractivity contribution in [1.29, 1.82) is 0 Å². The molecule has 2 rings (SSSR count). The second-order valence-electron chi connectivity index (χ2n) is 4.57. The molecule has 0 saturated heterocycles. The van der Waals surface area contributed by atoms with Gasteiger partial charge in [-0.25, -0.2) is 9.37 Å². The van der Waals surface area contributed by atoms with E-state index in [4.69, 9.17) is 4.74 Å². The zero-order chi connectivity index (χ0) is 14.5. The molecule has 20 heavy (non-hydrogen) atoms. The normalized spacial score (nSPS) is 12.4. The van der Waals surface area contributed by atoms with Gasteiger partial charge in [0, 0.05) is 23.1 Å². The zero-order valence-electron chi connectivity index (χ0n) is 11.9. The molecule has 0 aliphatic carbocycles. The maximum atomic E-state index is 13.9. The first-order valence-corrected chi connectivity index (χ1v) is 7.54. The van der Waals surface area contributed by atoms with E-state index in [1.54, 1.807) is 23.5 Å². The molecule has 0 bridgehead atoms. The third-order valence-corrected chi connectivity index (χ3v) is 4.20. The average Bonchev–Trinajstić information content (AvgIpc) is 2.92. The molecule has 108 valence electrons. The molecule has 5 heteroatoms. The molecular formula is C15H19FN2OS. The second-order valence-corrected chi connectivity index (χ2v) is 5.51. The number of aryl methyl sites for hydroxylation is 1. The number of hydrogen-bond acceptors (Lipinski definition) is 4. The van der Waals surface area contributed by atoms with Crippen LogP contribution in [-0.4, -0.2) is 12.0 Å². The van der Waals surface area contributed by atoms with Gasteiger partial charge < -0.3 is 10.1 Å². The van der Waals surface area contributed by atoms with Gasteiger partial charge in [0.15, 0.2) is 0 Å². The zero-order valence-corrected chi connectivity index (χ0v) is 12.8. The van der Waals surface area contributed by atoms with E-state index in [1.165, 1.54) is 6.07 Å². The Kier molecular flexibility index (Phi) is 5.09. The summed E-state index contributed by atoms with van der Waals surface area (Å²) in [6, 6.07) is 4.95. The number of thiazole rings is 1. The quantitative estimate of drug-likeness (QED) is 0.882. The summed E-state index contributed by atoms with van der Waals surface area (Å²) in [5.41, 5.74) is 1.53. The number of benzene rings is 1. The van der Waals surface area contributed by atoms with Gasteiger partial charge in [0.25, 0.3) is 0 Å². The Morgan fingerprint density at radius 3 is 2.85 bits per heavy atom. The third kappa shape index (κ3) is 3.55. The van der Waals surface area contributed by atoms with Gasteiger partial charge in [-0.05, 0) is 26.5 Å². The molecule has 0 fully saturated rings. The van der Waals surface area contributed by atoms with Crippen molar-refractivity contribution in [2.24, 2.45) is 0 Å². The minimum Gasteiger partial charge on any atom is -0.487 e. The summed E-state index contributed by atoms with van der Waals surface area (Å²) < 4.78 is 19.5. The molecule has 0 aliphatic heterocycles. The van der Waals surface area contributed by atoms with Gasteiger partial charge in [0.05, 0.1) is 10.7 Å². The Hall–Kier alpha value is -1.46. The Morgan fingerprint density at radius 1 is 1.45 bits per heavy atom. The van der Waals surface area contributed by atoms with E-state index in [0.29, 0.717) is 17.9 Å². The van der Waals surface area contributed by atoms with Gasteiger partial charge in [-0.3, -0.25) is 0 Å². The molecule has 1 atom stereocenters. The number of hydrogen-bond donors (Lipinski definition) is 1. The number of aromatic nitrogens is 1. The lowest BCUT2D eigenvalue weighted by molar-refractivity contribution is 0.300. The van der Waals surface area contributed by atoms with Crippen molar-refractivity contribution in [3.05, 3.63) is 45.7 Å². The van der Waals surface area contributed by atoms with Crippen LogP contribution in [-0.2, 0) is 13.0 Å². The van der Waals surface area contributed by atoms with E-state index in [2.05, 4.69) is 17.2 Å². The van der Waals surface area contributed by atoms with Gasteiger partial charge in [-0.1, -0.05) is 13.0 Å². The fraction of sp³-hybridized carbons (Fsp3) is 0.400. The van der Waals surface area contributed by atoms with E-state index in [0.717, 1.165) is 17.1 Å². The van der Waals surface area contributed by atoms with E-state index in [9.17, 15) is 4.39 Å². The predicted molar refractivity (Wildman–Crippen MR) is 79.7 cm³/mol. The lowest BCUT2D eigenvalue weighted by Crippen LogP contribution is -2.13. The molecule has 0 aliphatic rings. The van der Waals surface area contributed by atoms with Crippen LogP contribution in [0, 0.1) is 5.82 Å². The summed E-state index contributed by atoms with van der Waals surface area (Å²) in [6.07, 6.45) is 0.926. The van der Waals surface area contributed by atoms with Crippen molar-refractivity contribution in [2.45, 2.75) is 32.9 Å². The largest absolute Gasteiger partial charge is 0.487 e. The molecule has 1 aromatic heterocycles. The highest BCUT2D eigenvalue weighted by Gasteiger charge is 2.10. The second kappa shape index (κ2) is 6.81. The van der Waals surface area contributed by atoms with Crippen molar-refractivity contribution in [1.82, 2.24) is 10.3 Å². The van der Waals surface area contributed by atoms with Crippen LogP contribution in [0.15, 0.2) is 23.6 Å². The van der Waals surface area contributed by atoms with Crippen molar-refractivity contribution in [2.75, 3.05) is 7.05 Å². The molecule has 1 aromatic carbocycles. The molecule has 1 heterocycles. The standard InChI is InChI=1S/C15H19FN2OS/c1-4-15-18-11(9-20-15)8-19-12-5-6-13(10(2)17-3)14(16)7-12/h5-7,9-10,17H,4,8H2,1-3H3. The van der Waals surface area contributed by atoms with Crippen LogP contribution >= 0.6 is 11.3 Å². The Labute approximate surface area is 122 Å². The van der Waals surface area contributed by atoms with E-state index >= 15 is 0 Å². The first-order chi connectivity index (χ1) is 9.63. The number of ether oxygens (including phenoxy) is 1.